The summed E-state index contributed by atoms with van der Waals surface area (Å²) < 4.78 is 18.6. The maximum absolute atomic E-state index is 12.9. The van der Waals surface area contributed by atoms with Crippen LogP contribution in [-0.4, -0.2) is 17.1 Å². The van der Waals surface area contributed by atoms with Gasteiger partial charge in [-0.1, -0.05) is 13.0 Å². The summed E-state index contributed by atoms with van der Waals surface area (Å²) in [6.45, 7) is 4.00. The molecule has 0 aromatic heterocycles. The minimum Gasteiger partial charge on any atom is -0.491 e. The van der Waals surface area contributed by atoms with Gasteiger partial charge in [0.25, 0.3) is 5.91 Å². The monoisotopic (exact) mass is 346 g/mol. The van der Waals surface area contributed by atoms with E-state index in [0.29, 0.717) is 17.0 Å². The molecule has 0 spiro atoms. The molecule has 0 aliphatic carbocycles. The Morgan fingerprint density at radius 2 is 1.96 bits per heavy atom. The molecule has 126 valence electrons. The summed E-state index contributed by atoms with van der Waals surface area (Å²) >= 11 is 5.10. The van der Waals surface area contributed by atoms with Crippen LogP contribution in [0.3, 0.4) is 0 Å². The molecule has 6 heteroatoms. The zero-order chi connectivity index (χ0) is 17.5. The smallest absolute Gasteiger partial charge is 0.257 e. The molecule has 0 heterocycles. The summed E-state index contributed by atoms with van der Waals surface area (Å²) in [5.41, 5.74) is 1.04. The Kier molecular flexibility index (Phi) is 6.26. The largest absolute Gasteiger partial charge is 0.491 e. The van der Waals surface area contributed by atoms with E-state index < -0.39 is 0 Å². The van der Waals surface area contributed by atoms with Crippen molar-refractivity contribution < 1.29 is 13.9 Å². The van der Waals surface area contributed by atoms with E-state index in [2.05, 4.69) is 10.6 Å². The molecule has 0 saturated heterocycles. The number of hydrogen-bond donors (Lipinski definition) is 2. The first-order valence-corrected chi connectivity index (χ1v) is 8.03. The molecule has 2 aromatic rings. The third-order valence-corrected chi connectivity index (χ3v) is 3.54. The molecule has 0 saturated carbocycles. The molecule has 2 N–H and O–H groups in total. The van der Waals surface area contributed by atoms with Gasteiger partial charge in [-0.3, -0.25) is 10.1 Å². The number of benzene rings is 2. The lowest BCUT2D eigenvalue weighted by Crippen LogP contribution is -2.34. The van der Waals surface area contributed by atoms with E-state index in [1.165, 1.54) is 24.3 Å². The maximum Gasteiger partial charge on any atom is 0.257 e. The van der Waals surface area contributed by atoms with Crippen molar-refractivity contribution in [2.24, 2.45) is 0 Å². The predicted octanol–water partition coefficient (Wildman–Crippen LogP) is 4.13. The van der Waals surface area contributed by atoms with Crippen molar-refractivity contribution in [2.45, 2.75) is 26.4 Å². The number of thiocarbonyl (C=S) groups is 1. The van der Waals surface area contributed by atoms with E-state index in [1.54, 1.807) is 24.3 Å². The molecule has 0 aliphatic rings. The van der Waals surface area contributed by atoms with E-state index in [0.717, 1.165) is 6.42 Å². The van der Waals surface area contributed by atoms with Crippen LogP contribution in [0, 0.1) is 5.82 Å². The second-order valence-corrected chi connectivity index (χ2v) is 5.69. The summed E-state index contributed by atoms with van der Waals surface area (Å²) in [4.78, 5) is 12.3. The first-order chi connectivity index (χ1) is 11.5. The van der Waals surface area contributed by atoms with Crippen molar-refractivity contribution >= 4 is 28.9 Å². The fraction of sp³-hybridized carbons (Fsp3) is 0.222. The fourth-order valence-corrected chi connectivity index (χ4v) is 2.11. The zero-order valence-corrected chi connectivity index (χ0v) is 14.3. The second kappa shape index (κ2) is 8.40. The van der Waals surface area contributed by atoms with Gasteiger partial charge in [-0.05, 0) is 68.0 Å². The molecular weight excluding hydrogens is 327 g/mol. The first kappa shape index (κ1) is 17.9. The minimum absolute atomic E-state index is 0.0736. The molecule has 2 rings (SSSR count). The normalized spacial score (nSPS) is 11.5. The van der Waals surface area contributed by atoms with E-state index in [4.69, 9.17) is 17.0 Å². The van der Waals surface area contributed by atoms with Gasteiger partial charge in [-0.25, -0.2) is 4.39 Å². The highest BCUT2D eigenvalue weighted by atomic mass is 32.1. The number of anilines is 1. The Morgan fingerprint density at radius 1 is 1.25 bits per heavy atom. The molecule has 1 unspecified atom stereocenters. The van der Waals surface area contributed by atoms with Crippen molar-refractivity contribution in [2.75, 3.05) is 5.32 Å². The van der Waals surface area contributed by atoms with Gasteiger partial charge in [-0.15, -0.1) is 0 Å². The number of carbonyl (C=O) groups is 1. The number of hydrogen-bond acceptors (Lipinski definition) is 3. The highest BCUT2D eigenvalue weighted by Crippen LogP contribution is 2.16. The van der Waals surface area contributed by atoms with Gasteiger partial charge < -0.3 is 10.1 Å². The van der Waals surface area contributed by atoms with Gasteiger partial charge in [0.1, 0.15) is 11.6 Å². The van der Waals surface area contributed by atoms with Crippen LogP contribution >= 0.6 is 12.2 Å². The molecule has 2 aromatic carbocycles. The standard InChI is InChI=1S/C18H19FN2O2S/c1-3-12(2)23-16-6-4-5-13(11-16)17(22)21-18(24)20-15-9-7-14(19)8-10-15/h4-12H,3H2,1-2H3,(H2,20,21,22,24). The zero-order valence-electron chi connectivity index (χ0n) is 13.5. The summed E-state index contributed by atoms with van der Waals surface area (Å²) in [5, 5.41) is 5.55. The average Bonchev–Trinajstić information content (AvgIpc) is 2.57. The van der Waals surface area contributed by atoms with Gasteiger partial charge in [-0.2, -0.15) is 0 Å². The van der Waals surface area contributed by atoms with Crippen molar-refractivity contribution in [3.8, 4) is 5.75 Å². The fourth-order valence-electron chi connectivity index (χ4n) is 1.90. The predicted molar refractivity (Wildman–Crippen MR) is 96.9 cm³/mol. The van der Waals surface area contributed by atoms with Gasteiger partial charge in [0.2, 0.25) is 0 Å². The highest BCUT2D eigenvalue weighted by Gasteiger charge is 2.10. The molecule has 0 radical (unpaired) electrons. The Bertz CT molecular complexity index is 719. The van der Waals surface area contributed by atoms with Gasteiger partial charge in [0.05, 0.1) is 6.10 Å². The van der Waals surface area contributed by atoms with Crippen molar-refractivity contribution in [1.29, 1.82) is 0 Å². The number of ether oxygens (including phenoxy) is 1. The van der Waals surface area contributed by atoms with Crippen LogP contribution in [0.5, 0.6) is 5.75 Å². The molecule has 24 heavy (non-hydrogen) atoms. The average molecular weight is 346 g/mol. The van der Waals surface area contributed by atoms with E-state index in [1.807, 2.05) is 13.8 Å². The van der Waals surface area contributed by atoms with Crippen LogP contribution in [0.15, 0.2) is 48.5 Å². The van der Waals surface area contributed by atoms with Crippen LogP contribution < -0.4 is 15.4 Å². The molecule has 4 nitrogen and oxygen atoms in total. The summed E-state index contributed by atoms with van der Waals surface area (Å²) in [6.07, 6.45) is 0.951. The summed E-state index contributed by atoms with van der Waals surface area (Å²) in [6, 6.07) is 12.6. The van der Waals surface area contributed by atoms with Crippen LogP contribution in [0.4, 0.5) is 10.1 Å². The Hall–Kier alpha value is -2.47. The third kappa shape index (κ3) is 5.31. The Balaban J connectivity index is 1.97. The number of halogens is 1. The Labute approximate surface area is 146 Å². The van der Waals surface area contributed by atoms with E-state index >= 15 is 0 Å². The topological polar surface area (TPSA) is 50.4 Å². The summed E-state index contributed by atoms with van der Waals surface area (Å²) in [7, 11) is 0. The second-order valence-electron chi connectivity index (χ2n) is 5.28. The van der Waals surface area contributed by atoms with Gasteiger partial charge >= 0.3 is 0 Å². The lowest BCUT2D eigenvalue weighted by atomic mass is 10.2. The molecule has 0 fully saturated rings. The molecule has 1 atom stereocenters. The number of amides is 1. The first-order valence-electron chi connectivity index (χ1n) is 7.62. The van der Waals surface area contributed by atoms with Crippen molar-refractivity contribution in [1.82, 2.24) is 5.32 Å². The lowest BCUT2D eigenvalue weighted by Gasteiger charge is -2.14. The quantitative estimate of drug-likeness (QED) is 0.799. The molecule has 0 aliphatic heterocycles. The maximum atomic E-state index is 12.9. The number of nitrogens with one attached hydrogen (secondary N) is 2. The van der Waals surface area contributed by atoms with Crippen LogP contribution in [0.2, 0.25) is 0 Å². The number of carbonyl (C=O) groups excluding carboxylic acids is 1. The van der Waals surface area contributed by atoms with Crippen molar-refractivity contribution in [3.05, 3.63) is 59.9 Å². The summed E-state index contributed by atoms with van der Waals surface area (Å²) in [5.74, 6) is -0.0488. The highest BCUT2D eigenvalue weighted by molar-refractivity contribution is 7.80. The lowest BCUT2D eigenvalue weighted by molar-refractivity contribution is 0.0977. The van der Waals surface area contributed by atoms with Crippen molar-refractivity contribution in [3.63, 3.8) is 0 Å². The van der Waals surface area contributed by atoms with E-state index in [9.17, 15) is 9.18 Å². The minimum atomic E-state index is -0.343. The number of rotatable bonds is 5. The molecular formula is C18H19FN2O2S. The SMILES string of the molecule is CCC(C)Oc1cccc(C(=O)NC(=S)Nc2ccc(F)cc2)c1. The molecule has 1 amide bonds. The van der Waals surface area contributed by atoms with Gasteiger partial charge in [0.15, 0.2) is 5.11 Å². The Morgan fingerprint density at radius 3 is 2.62 bits per heavy atom. The van der Waals surface area contributed by atoms with Crippen LogP contribution in [0.1, 0.15) is 30.6 Å². The van der Waals surface area contributed by atoms with E-state index in [-0.39, 0.29) is 22.9 Å². The third-order valence-electron chi connectivity index (χ3n) is 3.34. The van der Waals surface area contributed by atoms with Crippen LogP contribution in [0.25, 0.3) is 0 Å². The molecule has 0 bridgehead atoms. The van der Waals surface area contributed by atoms with Gasteiger partial charge in [0, 0.05) is 11.3 Å². The van der Waals surface area contributed by atoms with Crippen LogP contribution in [-0.2, 0) is 0 Å².